The molecule has 2 heterocycles. The van der Waals surface area contributed by atoms with Crippen LogP contribution in [0.1, 0.15) is 31.2 Å². The molecule has 0 amide bonds. The van der Waals surface area contributed by atoms with Crippen LogP contribution < -0.4 is 10.6 Å². The van der Waals surface area contributed by atoms with E-state index in [9.17, 15) is 0 Å². The fraction of sp³-hybridized carbons (Fsp3) is 0.533. The minimum Gasteiger partial charge on any atom is -0.382 e. The zero-order chi connectivity index (χ0) is 13.2. The highest BCUT2D eigenvalue weighted by molar-refractivity contribution is 7.18. The number of hydrogen-bond acceptors (Lipinski definition) is 4. The molecule has 1 aliphatic rings. The van der Waals surface area contributed by atoms with Crippen molar-refractivity contribution in [2.75, 3.05) is 11.9 Å². The second-order valence-corrected chi connectivity index (χ2v) is 6.72. The normalized spacial score (nSPS) is 20.8. The summed E-state index contributed by atoms with van der Waals surface area (Å²) in [5.41, 5.74) is 2.32. The third kappa shape index (κ3) is 3.07. The summed E-state index contributed by atoms with van der Waals surface area (Å²) < 4.78 is 1.27. The van der Waals surface area contributed by atoms with Crippen LogP contribution in [0.15, 0.2) is 18.2 Å². The van der Waals surface area contributed by atoms with Crippen LogP contribution in [-0.2, 0) is 0 Å². The van der Waals surface area contributed by atoms with Crippen molar-refractivity contribution in [3.05, 3.63) is 23.2 Å². The lowest BCUT2D eigenvalue weighted by Gasteiger charge is -2.19. The lowest BCUT2D eigenvalue weighted by Crippen LogP contribution is -2.29. The summed E-state index contributed by atoms with van der Waals surface area (Å²) in [6.07, 6.45) is 3.84. The number of nitrogens with one attached hydrogen (secondary N) is 2. The average Bonchev–Trinajstić information content (AvgIpc) is 2.96. The second kappa shape index (κ2) is 5.47. The molecule has 0 bridgehead atoms. The van der Waals surface area contributed by atoms with Crippen molar-refractivity contribution in [1.82, 2.24) is 10.3 Å². The monoisotopic (exact) mass is 275 g/mol. The fourth-order valence-electron chi connectivity index (χ4n) is 2.86. The van der Waals surface area contributed by atoms with Gasteiger partial charge in [-0.05, 0) is 57.9 Å². The molecule has 2 atom stereocenters. The van der Waals surface area contributed by atoms with Gasteiger partial charge < -0.3 is 10.6 Å². The molecule has 3 nitrogen and oxygen atoms in total. The molecule has 102 valence electrons. The number of aryl methyl sites for hydroxylation is 1. The van der Waals surface area contributed by atoms with Crippen molar-refractivity contribution in [2.24, 2.45) is 0 Å². The summed E-state index contributed by atoms with van der Waals surface area (Å²) in [4.78, 5) is 4.50. The number of benzene rings is 1. The van der Waals surface area contributed by atoms with E-state index in [2.05, 4.69) is 47.7 Å². The SMILES string of the molecule is Cc1nc2ccc(NC(C)CC3CCCN3)cc2s1. The maximum atomic E-state index is 4.50. The first-order valence-electron chi connectivity index (χ1n) is 7.08. The minimum absolute atomic E-state index is 0.502. The van der Waals surface area contributed by atoms with E-state index < -0.39 is 0 Å². The first kappa shape index (κ1) is 12.9. The number of hydrogen-bond donors (Lipinski definition) is 2. The number of fused-ring (bicyclic) bond motifs is 1. The van der Waals surface area contributed by atoms with Crippen LogP contribution in [0.25, 0.3) is 10.2 Å². The Balaban J connectivity index is 1.66. The molecule has 3 rings (SSSR count). The van der Waals surface area contributed by atoms with Gasteiger partial charge in [-0.2, -0.15) is 0 Å². The van der Waals surface area contributed by atoms with E-state index in [-0.39, 0.29) is 0 Å². The molecule has 2 N–H and O–H groups in total. The molecule has 2 unspecified atom stereocenters. The second-order valence-electron chi connectivity index (χ2n) is 5.49. The van der Waals surface area contributed by atoms with Gasteiger partial charge in [-0.15, -0.1) is 11.3 Å². The summed E-state index contributed by atoms with van der Waals surface area (Å²) in [6, 6.07) is 7.67. The Kier molecular flexibility index (Phi) is 3.71. The quantitative estimate of drug-likeness (QED) is 0.896. The number of anilines is 1. The largest absolute Gasteiger partial charge is 0.382 e. The van der Waals surface area contributed by atoms with Gasteiger partial charge in [0.05, 0.1) is 15.2 Å². The molecule has 0 saturated carbocycles. The zero-order valence-corrected chi connectivity index (χ0v) is 12.4. The first-order chi connectivity index (χ1) is 9.20. The lowest BCUT2D eigenvalue weighted by atomic mass is 10.1. The van der Waals surface area contributed by atoms with Crippen LogP contribution in [0.5, 0.6) is 0 Å². The number of nitrogens with zero attached hydrogens (tertiary/aromatic N) is 1. The van der Waals surface area contributed by atoms with Gasteiger partial charge in [-0.1, -0.05) is 0 Å². The number of aromatic nitrogens is 1. The Morgan fingerprint density at radius 3 is 3.21 bits per heavy atom. The highest BCUT2D eigenvalue weighted by Gasteiger charge is 2.16. The Hall–Kier alpha value is -1.13. The third-order valence-corrected chi connectivity index (χ3v) is 4.64. The molecule has 0 radical (unpaired) electrons. The lowest BCUT2D eigenvalue weighted by molar-refractivity contribution is 0.523. The molecule has 2 aromatic rings. The Morgan fingerprint density at radius 1 is 1.53 bits per heavy atom. The van der Waals surface area contributed by atoms with Crippen molar-refractivity contribution < 1.29 is 0 Å². The summed E-state index contributed by atoms with van der Waals surface area (Å²) in [5.74, 6) is 0. The van der Waals surface area contributed by atoms with E-state index in [1.165, 1.54) is 36.2 Å². The maximum absolute atomic E-state index is 4.50. The molecule has 0 spiro atoms. The van der Waals surface area contributed by atoms with E-state index in [1.807, 2.05) is 0 Å². The number of rotatable bonds is 4. The van der Waals surface area contributed by atoms with Crippen LogP contribution in [0.2, 0.25) is 0 Å². The summed E-state index contributed by atoms with van der Waals surface area (Å²) in [5, 5.41) is 8.30. The van der Waals surface area contributed by atoms with Crippen molar-refractivity contribution in [2.45, 2.75) is 45.2 Å². The van der Waals surface area contributed by atoms with Gasteiger partial charge in [0.25, 0.3) is 0 Å². The van der Waals surface area contributed by atoms with Crippen LogP contribution in [0.3, 0.4) is 0 Å². The van der Waals surface area contributed by atoms with E-state index >= 15 is 0 Å². The van der Waals surface area contributed by atoms with Gasteiger partial charge in [0, 0.05) is 17.8 Å². The van der Waals surface area contributed by atoms with Crippen molar-refractivity contribution in [3.8, 4) is 0 Å². The Labute approximate surface area is 118 Å². The molecular weight excluding hydrogens is 254 g/mol. The molecule has 4 heteroatoms. The van der Waals surface area contributed by atoms with Crippen molar-refractivity contribution in [3.63, 3.8) is 0 Å². The standard InChI is InChI=1S/C15H21N3S/c1-10(8-12-4-3-7-16-12)17-13-5-6-14-15(9-13)19-11(2)18-14/h5-6,9-10,12,16-17H,3-4,7-8H2,1-2H3. The summed E-state index contributed by atoms with van der Waals surface area (Å²) in [7, 11) is 0. The topological polar surface area (TPSA) is 37.0 Å². The van der Waals surface area contributed by atoms with Crippen LogP contribution in [-0.4, -0.2) is 23.6 Å². The van der Waals surface area contributed by atoms with E-state index in [4.69, 9.17) is 0 Å². The smallest absolute Gasteiger partial charge is 0.0907 e. The molecule has 0 aliphatic carbocycles. The van der Waals surface area contributed by atoms with Gasteiger partial charge >= 0.3 is 0 Å². The highest BCUT2D eigenvalue weighted by atomic mass is 32.1. The summed E-state index contributed by atoms with van der Waals surface area (Å²) >= 11 is 1.76. The third-order valence-electron chi connectivity index (χ3n) is 3.71. The molecule has 1 aromatic carbocycles. The van der Waals surface area contributed by atoms with Crippen LogP contribution >= 0.6 is 11.3 Å². The van der Waals surface area contributed by atoms with Crippen LogP contribution in [0, 0.1) is 6.92 Å². The van der Waals surface area contributed by atoms with Crippen molar-refractivity contribution in [1.29, 1.82) is 0 Å². The van der Waals surface area contributed by atoms with E-state index in [1.54, 1.807) is 11.3 Å². The Bertz CT molecular complexity index is 558. The highest BCUT2D eigenvalue weighted by Crippen LogP contribution is 2.25. The molecule has 1 fully saturated rings. The van der Waals surface area contributed by atoms with Gasteiger partial charge in [0.2, 0.25) is 0 Å². The van der Waals surface area contributed by atoms with Gasteiger partial charge in [0.15, 0.2) is 0 Å². The number of thiazole rings is 1. The molecular formula is C15H21N3S. The van der Waals surface area contributed by atoms with Gasteiger partial charge in [-0.25, -0.2) is 4.98 Å². The predicted molar refractivity (Wildman–Crippen MR) is 83.1 cm³/mol. The van der Waals surface area contributed by atoms with Gasteiger partial charge in [-0.3, -0.25) is 0 Å². The first-order valence-corrected chi connectivity index (χ1v) is 7.89. The van der Waals surface area contributed by atoms with Gasteiger partial charge in [0.1, 0.15) is 0 Å². The molecule has 1 aliphatic heterocycles. The Morgan fingerprint density at radius 2 is 2.42 bits per heavy atom. The van der Waals surface area contributed by atoms with Crippen molar-refractivity contribution >= 4 is 27.2 Å². The predicted octanol–water partition coefficient (Wildman–Crippen LogP) is 3.55. The molecule has 1 saturated heterocycles. The molecule has 19 heavy (non-hydrogen) atoms. The maximum Gasteiger partial charge on any atom is 0.0907 e. The van der Waals surface area contributed by atoms with E-state index in [0.29, 0.717) is 12.1 Å². The minimum atomic E-state index is 0.502. The summed E-state index contributed by atoms with van der Waals surface area (Å²) in [6.45, 7) is 5.51. The average molecular weight is 275 g/mol. The zero-order valence-electron chi connectivity index (χ0n) is 11.6. The fourth-order valence-corrected chi connectivity index (χ4v) is 3.72. The van der Waals surface area contributed by atoms with E-state index in [0.717, 1.165) is 10.5 Å². The molecule has 1 aromatic heterocycles. The van der Waals surface area contributed by atoms with Crippen LogP contribution in [0.4, 0.5) is 5.69 Å².